The number of nitrogens with zero attached hydrogens (tertiary/aromatic N) is 4. The molecule has 5 rings (SSSR count). The van der Waals surface area contributed by atoms with E-state index in [1.807, 2.05) is 24.3 Å². The highest BCUT2D eigenvalue weighted by molar-refractivity contribution is 5.92. The van der Waals surface area contributed by atoms with Crippen molar-refractivity contribution in [3.63, 3.8) is 0 Å². The molecule has 2 fully saturated rings. The maximum atomic E-state index is 13.4. The zero-order chi connectivity index (χ0) is 25.4. The Bertz CT molecular complexity index is 1070. The third-order valence-corrected chi connectivity index (χ3v) is 8.82. The van der Waals surface area contributed by atoms with Gasteiger partial charge in [-0.05, 0) is 55.1 Å². The van der Waals surface area contributed by atoms with Crippen molar-refractivity contribution in [2.45, 2.75) is 85.0 Å². The number of amides is 1. The molecular formula is C29H44N6O. The molecule has 1 aromatic carbocycles. The Kier molecular flexibility index (Phi) is 7.23. The summed E-state index contributed by atoms with van der Waals surface area (Å²) in [5, 5.41) is 7.74. The van der Waals surface area contributed by atoms with Crippen molar-refractivity contribution in [2.24, 2.45) is 17.3 Å². The van der Waals surface area contributed by atoms with Crippen LogP contribution < -0.4 is 10.6 Å². The van der Waals surface area contributed by atoms with E-state index in [1.54, 1.807) is 0 Å². The molecule has 2 aromatic rings. The van der Waals surface area contributed by atoms with Gasteiger partial charge in [-0.2, -0.15) is 0 Å². The molecule has 36 heavy (non-hydrogen) atoms. The Labute approximate surface area is 216 Å². The largest absolute Gasteiger partial charge is 0.358 e. The lowest BCUT2D eigenvalue weighted by atomic mass is 9.71. The molecule has 2 N–H and O–H groups in total. The number of anilines is 1. The average molecular weight is 493 g/mol. The number of nitrogens with one attached hydrogen (secondary N) is 2. The smallest absolute Gasteiger partial charge is 0.242 e. The van der Waals surface area contributed by atoms with Crippen molar-refractivity contribution in [2.75, 3.05) is 31.5 Å². The molecule has 1 aromatic heterocycles. The fourth-order valence-electron chi connectivity index (χ4n) is 6.46. The van der Waals surface area contributed by atoms with E-state index < -0.39 is 0 Å². The summed E-state index contributed by atoms with van der Waals surface area (Å²) < 4.78 is 0. The lowest BCUT2D eigenvalue weighted by molar-refractivity contribution is -0.123. The second kappa shape index (κ2) is 10.3. The number of rotatable bonds is 2. The van der Waals surface area contributed by atoms with Gasteiger partial charge in [0.15, 0.2) is 0 Å². The topological polar surface area (TPSA) is 73.4 Å². The molecule has 1 saturated carbocycles. The predicted molar refractivity (Wildman–Crippen MR) is 146 cm³/mol. The minimum atomic E-state index is -0.338. The number of hydrogen-bond donors (Lipinski definition) is 2. The van der Waals surface area contributed by atoms with Crippen molar-refractivity contribution in [3.8, 4) is 0 Å². The van der Waals surface area contributed by atoms with Crippen LogP contribution in [0.1, 0.15) is 66.1 Å². The maximum Gasteiger partial charge on any atom is 0.242 e. The Balaban J connectivity index is 1.38. The van der Waals surface area contributed by atoms with E-state index in [4.69, 9.17) is 9.97 Å². The van der Waals surface area contributed by atoms with Crippen LogP contribution in [0.25, 0.3) is 10.9 Å². The van der Waals surface area contributed by atoms with Crippen molar-refractivity contribution in [1.82, 2.24) is 25.1 Å². The Hall–Kier alpha value is -2.25. The zero-order valence-corrected chi connectivity index (χ0v) is 22.8. The molecule has 1 unspecified atom stereocenters. The third kappa shape index (κ3) is 5.37. The van der Waals surface area contributed by atoms with Crippen LogP contribution in [0, 0.1) is 17.3 Å². The van der Waals surface area contributed by atoms with Crippen LogP contribution in [-0.2, 0) is 11.3 Å². The summed E-state index contributed by atoms with van der Waals surface area (Å²) in [6, 6.07) is 8.68. The van der Waals surface area contributed by atoms with Gasteiger partial charge >= 0.3 is 0 Å². The van der Waals surface area contributed by atoms with Gasteiger partial charge in [-0.3, -0.25) is 14.6 Å². The summed E-state index contributed by atoms with van der Waals surface area (Å²) >= 11 is 0. The van der Waals surface area contributed by atoms with Crippen LogP contribution in [-0.4, -0.2) is 70.0 Å². The predicted octanol–water partition coefficient (Wildman–Crippen LogP) is 4.29. The van der Waals surface area contributed by atoms with Gasteiger partial charge < -0.3 is 10.6 Å². The monoisotopic (exact) mass is 492 g/mol. The lowest BCUT2D eigenvalue weighted by Gasteiger charge is -2.47. The number of carbonyl (C=O) groups excluding carboxylic acids is 1. The fraction of sp³-hybridized carbons (Fsp3) is 0.690. The molecule has 196 valence electrons. The highest BCUT2D eigenvalue weighted by atomic mass is 16.2. The molecule has 2 bridgehead atoms. The van der Waals surface area contributed by atoms with Gasteiger partial charge in [0.2, 0.25) is 5.91 Å². The molecule has 7 heteroatoms. The van der Waals surface area contributed by atoms with Gasteiger partial charge in [0, 0.05) is 43.6 Å². The van der Waals surface area contributed by atoms with Crippen molar-refractivity contribution >= 4 is 22.6 Å². The molecule has 2 atom stereocenters. The standard InChI is InChI=1S/C29H44N6O/c1-19(2)26-28(36)30-16-22-17-34(21-12-10-20(11-13-21)29(3,4)5)14-15-35(22)18-25-31-24-9-7-6-8-23(24)27(32-25)33-26/h6-9,19-22,26H,10-18H2,1-5H3,(H,30,36)(H,31,32,33)/t20?,21?,22?,26-/m0/s1. The summed E-state index contributed by atoms with van der Waals surface area (Å²) in [6.45, 7) is 15.8. The second-order valence-corrected chi connectivity index (χ2v) is 12.6. The van der Waals surface area contributed by atoms with Crippen LogP contribution >= 0.6 is 0 Å². The summed E-state index contributed by atoms with van der Waals surface area (Å²) in [4.78, 5) is 28.4. The number of benzene rings is 1. The summed E-state index contributed by atoms with van der Waals surface area (Å²) in [7, 11) is 0. The van der Waals surface area contributed by atoms with Gasteiger partial charge in [-0.15, -0.1) is 0 Å². The third-order valence-electron chi connectivity index (χ3n) is 8.82. The molecule has 3 aliphatic rings. The number of carbonyl (C=O) groups is 1. The first-order valence-electron chi connectivity index (χ1n) is 14.0. The van der Waals surface area contributed by atoms with E-state index in [-0.39, 0.29) is 23.9 Å². The fourth-order valence-corrected chi connectivity index (χ4v) is 6.46. The first kappa shape index (κ1) is 25.4. The Morgan fingerprint density at radius 3 is 2.42 bits per heavy atom. The first-order valence-corrected chi connectivity index (χ1v) is 14.0. The number of piperazine rings is 1. The molecule has 0 spiro atoms. The molecule has 1 aliphatic carbocycles. The summed E-state index contributed by atoms with van der Waals surface area (Å²) in [6.07, 6.45) is 5.23. The van der Waals surface area contributed by atoms with Gasteiger partial charge in [0.05, 0.1) is 12.1 Å². The summed E-state index contributed by atoms with van der Waals surface area (Å²) in [5.74, 6) is 2.61. The Morgan fingerprint density at radius 1 is 0.972 bits per heavy atom. The lowest BCUT2D eigenvalue weighted by Crippen LogP contribution is -2.59. The van der Waals surface area contributed by atoms with Crippen LogP contribution in [0.4, 0.5) is 5.82 Å². The highest BCUT2D eigenvalue weighted by Gasteiger charge is 2.36. The van der Waals surface area contributed by atoms with E-state index >= 15 is 0 Å². The number of fused-ring (bicyclic) bond motifs is 5. The molecule has 1 saturated heterocycles. The SMILES string of the molecule is CC(C)[C@@H]1Nc2nc(nc3ccccc23)CN2CCN(C3CCC(C(C)(C)C)CC3)CC2CNC1=O. The summed E-state index contributed by atoms with van der Waals surface area (Å²) in [5.41, 5.74) is 1.33. The van der Waals surface area contributed by atoms with Crippen molar-refractivity contribution in [3.05, 3.63) is 30.1 Å². The first-order chi connectivity index (χ1) is 17.2. The van der Waals surface area contributed by atoms with Gasteiger partial charge in [-0.1, -0.05) is 46.8 Å². The van der Waals surface area contributed by atoms with Gasteiger partial charge in [-0.25, -0.2) is 9.97 Å². The molecule has 3 heterocycles. The van der Waals surface area contributed by atoms with Crippen LogP contribution in [0.2, 0.25) is 0 Å². The molecule has 1 amide bonds. The minimum Gasteiger partial charge on any atom is -0.358 e. The quantitative estimate of drug-likeness (QED) is 0.652. The number of hydrogen-bond acceptors (Lipinski definition) is 6. The normalized spacial score (nSPS) is 28.8. The average Bonchev–Trinajstić information content (AvgIpc) is 2.87. The Morgan fingerprint density at radius 2 is 1.69 bits per heavy atom. The van der Waals surface area contributed by atoms with Gasteiger partial charge in [0.25, 0.3) is 0 Å². The highest BCUT2D eigenvalue weighted by Crippen LogP contribution is 2.39. The van der Waals surface area contributed by atoms with E-state index in [0.29, 0.717) is 24.5 Å². The van der Waals surface area contributed by atoms with Gasteiger partial charge in [0.1, 0.15) is 17.7 Å². The van der Waals surface area contributed by atoms with Crippen molar-refractivity contribution in [1.29, 1.82) is 0 Å². The van der Waals surface area contributed by atoms with E-state index in [2.05, 4.69) is 55.1 Å². The zero-order valence-electron chi connectivity index (χ0n) is 22.8. The van der Waals surface area contributed by atoms with Crippen LogP contribution in [0.5, 0.6) is 0 Å². The molecule has 2 aliphatic heterocycles. The van der Waals surface area contributed by atoms with E-state index in [0.717, 1.165) is 48.1 Å². The second-order valence-electron chi connectivity index (χ2n) is 12.6. The van der Waals surface area contributed by atoms with Crippen LogP contribution in [0.15, 0.2) is 24.3 Å². The molecular weight excluding hydrogens is 448 g/mol. The molecule has 7 nitrogen and oxygen atoms in total. The van der Waals surface area contributed by atoms with E-state index in [9.17, 15) is 4.79 Å². The van der Waals surface area contributed by atoms with E-state index in [1.165, 1.54) is 25.7 Å². The van der Waals surface area contributed by atoms with Crippen molar-refractivity contribution < 1.29 is 4.79 Å². The maximum absolute atomic E-state index is 13.4. The van der Waals surface area contributed by atoms with Crippen LogP contribution in [0.3, 0.4) is 0 Å². The number of para-hydroxylation sites is 1. The minimum absolute atomic E-state index is 0.0545. The molecule has 0 radical (unpaired) electrons. The number of aromatic nitrogens is 2.